The van der Waals surface area contributed by atoms with Gasteiger partial charge in [0.05, 0.1) is 24.4 Å². The minimum Gasteiger partial charge on any atom is -0.478 e. The van der Waals surface area contributed by atoms with Gasteiger partial charge in [-0.3, -0.25) is 4.90 Å². The maximum Gasteiger partial charge on any atom is 0.339 e. The summed E-state index contributed by atoms with van der Waals surface area (Å²) in [5.41, 5.74) is 1.79. The van der Waals surface area contributed by atoms with Crippen LogP contribution in [0.25, 0.3) is 0 Å². The van der Waals surface area contributed by atoms with E-state index in [9.17, 15) is 4.79 Å². The number of benzene rings is 1. The summed E-state index contributed by atoms with van der Waals surface area (Å²) >= 11 is 0. The lowest BCUT2D eigenvalue weighted by Gasteiger charge is -2.15. The third-order valence-corrected chi connectivity index (χ3v) is 2.90. The average Bonchev–Trinajstić information content (AvgIpc) is 2.87. The highest BCUT2D eigenvalue weighted by molar-refractivity contribution is 5.88. The number of aromatic carboxylic acids is 1. The Morgan fingerprint density at radius 2 is 2.20 bits per heavy atom. The van der Waals surface area contributed by atoms with E-state index in [2.05, 4.69) is 6.07 Å². The summed E-state index contributed by atoms with van der Waals surface area (Å²) in [4.78, 5) is 12.9. The van der Waals surface area contributed by atoms with Crippen molar-refractivity contribution in [3.05, 3.63) is 59.0 Å². The fourth-order valence-electron chi connectivity index (χ4n) is 2.01. The van der Waals surface area contributed by atoms with Crippen molar-refractivity contribution in [2.24, 2.45) is 0 Å². The summed E-state index contributed by atoms with van der Waals surface area (Å²) in [7, 11) is 1.87. The molecule has 0 radical (unpaired) electrons. The number of carboxylic acid groups (broad SMARTS) is 1. The van der Waals surface area contributed by atoms with Crippen molar-refractivity contribution in [2.75, 3.05) is 7.05 Å². The molecule has 0 unspecified atom stereocenters. The molecule has 1 N–H and O–H groups in total. The fourth-order valence-corrected chi connectivity index (χ4v) is 2.01. The van der Waals surface area contributed by atoms with E-state index in [-0.39, 0.29) is 5.56 Å². The Hall–Kier alpha value is -2.58. The Morgan fingerprint density at radius 3 is 2.90 bits per heavy atom. The van der Waals surface area contributed by atoms with E-state index >= 15 is 0 Å². The summed E-state index contributed by atoms with van der Waals surface area (Å²) in [5.74, 6) is -0.565. The summed E-state index contributed by atoms with van der Waals surface area (Å²) < 4.78 is 5.20. The Kier molecular flexibility index (Phi) is 4.18. The summed E-state index contributed by atoms with van der Waals surface area (Å²) in [6.07, 6.45) is 1.38. The van der Waals surface area contributed by atoms with Crippen molar-refractivity contribution in [2.45, 2.75) is 13.1 Å². The Labute approximate surface area is 116 Å². The van der Waals surface area contributed by atoms with Gasteiger partial charge in [-0.15, -0.1) is 0 Å². The lowest BCUT2D eigenvalue weighted by molar-refractivity contribution is 0.0693. The second-order valence-corrected chi connectivity index (χ2v) is 4.55. The van der Waals surface area contributed by atoms with Gasteiger partial charge in [-0.25, -0.2) is 4.79 Å². The number of furan rings is 1. The van der Waals surface area contributed by atoms with Gasteiger partial charge in [-0.05, 0) is 30.8 Å². The quantitative estimate of drug-likeness (QED) is 0.903. The minimum absolute atomic E-state index is 0.183. The first-order chi connectivity index (χ1) is 9.60. The van der Waals surface area contributed by atoms with Crippen LogP contribution < -0.4 is 0 Å². The number of nitriles is 1. The molecule has 0 saturated heterocycles. The van der Waals surface area contributed by atoms with E-state index < -0.39 is 5.97 Å². The lowest BCUT2D eigenvalue weighted by atomic mass is 10.1. The first kappa shape index (κ1) is 13.8. The smallest absolute Gasteiger partial charge is 0.339 e. The molecular weight excluding hydrogens is 256 g/mol. The van der Waals surface area contributed by atoms with E-state index in [1.54, 1.807) is 6.07 Å². The predicted molar refractivity (Wildman–Crippen MR) is 72.0 cm³/mol. The molecule has 1 heterocycles. The Balaban J connectivity index is 2.05. The number of rotatable bonds is 5. The summed E-state index contributed by atoms with van der Waals surface area (Å²) in [6.45, 7) is 1.00. The maximum atomic E-state index is 11.0. The molecule has 102 valence electrons. The molecule has 0 amide bonds. The SMILES string of the molecule is CN(Cc1cccc(C#N)c1)Cc1occc1C(=O)O. The zero-order valence-corrected chi connectivity index (χ0v) is 11.0. The third-order valence-electron chi connectivity index (χ3n) is 2.90. The van der Waals surface area contributed by atoms with Crippen LogP contribution in [0.2, 0.25) is 0 Å². The van der Waals surface area contributed by atoms with Crippen LogP contribution in [0.4, 0.5) is 0 Å². The second-order valence-electron chi connectivity index (χ2n) is 4.55. The standard InChI is InChI=1S/C15H14N2O3/c1-17(9-12-4-2-3-11(7-12)8-16)10-14-13(15(18)19)5-6-20-14/h2-7H,9-10H2,1H3,(H,18,19). The van der Waals surface area contributed by atoms with Crippen molar-refractivity contribution < 1.29 is 14.3 Å². The molecule has 0 atom stereocenters. The van der Waals surface area contributed by atoms with Crippen molar-refractivity contribution in [3.63, 3.8) is 0 Å². The van der Waals surface area contributed by atoms with E-state index in [0.717, 1.165) is 5.56 Å². The lowest BCUT2D eigenvalue weighted by Crippen LogP contribution is -2.18. The van der Waals surface area contributed by atoms with Crippen molar-refractivity contribution in [1.29, 1.82) is 5.26 Å². The number of carbonyl (C=O) groups is 1. The molecule has 0 aliphatic carbocycles. The van der Waals surface area contributed by atoms with Crippen molar-refractivity contribution in [1.82, 2.24) is 4.90 Å². The van der Waals surface area contributed by atoms with E-state index in [1.165, 1.54) is 12.3 Å². The minimum atomic E-state index is -0.992. The van der Waals surface area contributed by atoms with E-state index in [1.807, 2.05) is 30.1 Å². The van der Waals surface area contributed by atoms with Crippen LogP contribution in [0.3, 0.4) is 0 Å². The van der Waals surface area contributed by atoms with Crippen LogP contribution in [0, 0.1) is 11.3 Å². The predicted octanol–water partition coefficient (Wildman–Crippen LogP) is 2.48. The third kappa shape index (κ3) is 3.25. The Morgan fingerprint density at radius 1 is 1.40 bits per heavy atom. The molecular formula is C15H14N2O3. The number of hydrogen-bond acceptors (Lipinski definition) is 4. The summed E-state index contributed by atoms with van der Waals surface area (Å²) in [6, 6.07) is 10.9. The molecule has 0 saturated carbocycles. The average molecular weight is 270 g/mol. The van der Waals surface area contributed by atoms with Crippen LogP contribution in [-0.4, -0.2) is 23.0 Å². The highest BCUT2D eigenvalue weighted by Crippen LogP contribution is 2.14. The van der Waals surface area contributed by atoms with Gasteiger partial charge >= 0.3 is 5.97 Å². The normalized spacial score (nSPS) is 10.4. The van der Waals surface area contributed by atoms with Crippen LogP contribution in [0.1, 0.15) is 27.2 Å². The van der Waals surface area contributed by atoms with Gasteiger partial charge in [-0.1, -0.05) is 12.1 Å². The largest absolute Gasteiger partial charge is 0.478 e. The number of hydrogen-bond donors (Lipinski definition) is 1. The van der Waals surface area contributed by atoms with Gasteiger partial charge in [0, 0.05) is 6.54 Å². The number of nitrogens with zero attached hydrogens (tertiary/aromatic N) is 2. The molecule has 1 aromatic carbocycles. The van der Waals surface area contributed by atoms with Crippen LogP contribution in [0.15, 0.2) is 41.0 Å². The van der Waals surface area contributed by atoms with E-state index in [0.29, 0.717) is 24.4 Å². The molecule has 5 heteroatoms. The molecule has 20 heavy (non-hydrogen) atoms. The van der Waals surface area contributed by atoms with Gasteiger partial charge in [0.15, 0.2) is 0 Å². The Bertz CT molecular complexity index is 655. The molecule has 2 rings (SSSR count). The van der Waals surface area contributed by atoms with Crippen molar-refractivity contribution >= 4 is 5.97 Å². The van der Waals surface area contributed by atoms with Gasteiger partial charge in [0.25, 0.3) is 0 Å². The molecule has 0 bridgehead atoms. The van der Waals surface area contributed by atoms with Gasteiger partial charge in [-0.2, -0.15) is 5.26 Å². The van der Waals surface area contributed by atoms with Crippen molar-refractivity contribution in [3.8, 4) is 6.07 Å². The molecule has 5 nitrogen and oxygen atoms in total. The molecule has 1 aromatic heterocycles. The first-order valence-corrected chi connectivity index (χ1v) is 6.07. The zero-order chi connectivity index (χ0) is 14.5. The van der Waals surface area contributed by atoms with E-state index in [4.69, 9.17) is 14.8 Å². The van der Waals surface area contributed by atoms with Crippen LogP contribution >= 0.6 is 0 Å². The second kappa shape index (κ2) is 6.04. The first-order valence-electron chi connectivity index (χ1n) is 6.07. The van der Waals surface area contributed by atoms with Gasteiger partial charge in [0.2, 0.25) is 0 Å². The highest BCUT2D eigenvalue weighted by Gasteiger charge is 2.15. The number of carboxylic acids is 1. The van der Waals surface area contributed by atoms with Crippen LogP contribution in [-0.2, 0) is 13.1 Å². The summed E-state index contributed by atoms with van der Waals surface area (Å²) in [5, 5.41) is 17.9. The van der Waals surface area contributed by atoms with Gasteiger partial charge < -0.3 is 9.52 Å². The monoisotopic (exact) mass is 270 g/mol. The molecule has 0 aliphatic rings. The fraction of sp³-hybridized carbons (Fsp3) is 0.200. The highest BCUT2D eigenvalue weighted by atomic mass is 16.4. The van der Waals surface area contributed by atoms with Crippen LogP contribution in [0.5, 0.6) is 0 Å². The molecule has 2 aromatic rings. The topological polar surface area (TPSA) is 77.5 Å². The van der Waals surface area contributed by atoms with Gasteiger partial charge in [0.1, 0.15) is 11.3 Å². The maximum absolute atomic E-state index is 11.0. The molecule has 0 spiro atoms. The molecule has 0 aliphatic heterocycles. The zero-order valence-electron chi connectivity index (χ0n) is 11.0. The molecule has 0 fully saturated rings.